The van der Waals surface area contributed by atoms with E-state index in [1.807, 2.05) is 61.7 Å². The number of fused-ring (bicyclic) bond motifs is 4. The molecule has 1 amide bonds. The lowest BCUT2D eigenvalue weighted by atomic mass is 10.0. The van der Waals surface area contributed by atoms with Gasteiger partial charge in [0.15, 0.2) is 5.78 Å². The van der Waals surface area contributed by atoms with Gasteiger partial charge in [0.05, 0.1) is 16.3 Å². The second-order valence-electron chi connectivity index (χ2n) is 11.0. The zero-order valence-electron chi connectivity index (χ0n) is 23.8. The number of pyridine rings is 1. The number of hydrogen-bond donors (Lipinski definition) is 1. The number of nitrogens with zero attached hydrogens (tertiary/aromatic N) is 2. The van der Waals surface area contributed by atoms with Crippen molar-refractivity contribution in [2.75, 3.05) is 11.4 Å². The number of thiophene rings is 1. The Labute approximate surface area is 252 Å². The number of carbonyl (C=O) groups excluding carboxylic acids is 2. The molecule has 7 heteroatoms. The number of halogens is 1. The summed E-state index contributed by atoms with van der Waals surface area (Å²) in [5.41, 5.74) is 8.13. The van der Waals surface area contributed by atoms with E-state index in [2.05, 4.69) is 30.1 Å². The number of aryl methyl sites for hydroxylation is 2. The summed E-state index contributed by atoms with van der Waals surface area (Å²) in [7, 11) is 0. The maximum Gasteiger partial charge on any atom is 0.276 e. The molecule has 3 aromatic carbocycles. The molecule has 5 nitrogen and oxygen atoms in total. The number of aromatic amines is 1. The van der Waals surface area contributed by atoms with E-state index >= 15 is 0 Å². The standard InChI is InChI=1S/C36H28FN3O2S/c1-21-13-14-29-26(17-21)27(20-38-29)30-10-6-11-31(39-30)36(42)40-16-15-23-18-34(43-35(23)24-8-3-4-12-32(24)40)33(41)19-25-22(2)7-5-9-28(25)37/h3-14,17-18,20,38H,15-16,19H2,1-2H3. The summed E-state index contributed by atoms with van der Waals surface area (Å²) >= 11 is 1.41. The van der Waals surface area contributed by atoms with Gasteiger partial charge >= 0.3 is 0 Å². The van der Waals surface area contributed by atoms with Gasteiger partial charge in [0.2, 0.25) is 0 Å². The average Bonchev–Trinajstić information content (AvgIpc) is 3.60. The molecule has 0 spiro atoms. The van der Waals surface area contributed by atoms with Gasteiger partial charge in [-0.3, -0.25) is 9.59 Å². The van der Waals surface area contributed by atoms with Gasteiger partial charge in [0.1, 0.15) is 11.5 Å². The molecule has 0 unspecified atom stereocenters. The summed E-state index contributed by atoms with van der Waals surface area (Å²) in [5, 5.41) is 1.07. The molecule has 0 bridgehead atoms. The van der Waals surface area contributed by atoms with Gasteiger partial charge < -0.3 is 9.88 Å². The summed E-state index contributed by atoms with van der Waals surface area (Å²) in [6, 6.07) is 26.4. The fourth-order valence-corrected chi connectivity index (χ4v) is 7.05. The first kappa shape index (κ1) is 27.0. The van der Waals surface area contributed by atoms with Crippen LogP contribution in [0.3, 0.4) is 0 Å². The molecule has 0 saturated carbocycles. The molecule has 212 valence electrons. The number of rotatable bonds is 5. The summed E-state index contributed by atoms with van der Waals surface area (Å²) in [4.78, 5) is 38.8. The van der Waals surface area contributed by atoms with Gasteiger partial charge in [-0.1, -0.05) is 48.0 Å². The smallest absolute Gasteiger partial charge is 0.276 e. The monoisotopic (exact) mass is 585 g/mol. The van der Waals surface area contributed by atoms with Crippen LogP contribution in [0.4, 0.5) is 10.1 Å². The minimum Gasteiger partial charge on any atom is -0.360 e. The van der Waals surface area contributed by atoms with E-state index in [-0.39, 0.29) is 23.9 Å². The third kappa shape index (κ3) is 4.85. The molecular weight excluding hydrogens is 557 g/mol. The Morgan fingerprint density at radius 1 is 0.953 bits per heavy atom. The van der Waals surface area contributed by atoms with Crippen molar-refractivity contribution < 1.29 is 14.0 Å². The molecule has 4 heterocycles. The van der Waals surface area contributed by atoms with Crippen molar-refractivity contribution in [2.24, 2.45) is 0 Å². The van der Waals surface area contributed by atoms with E-state index < -0.39 is 0 Å². The first-order chi connectivity index (χ1) is 20.9. The van der Waals surface area contributed by atoms with Crippen molar-refractivity contribution in [3.63, 3.8) is 0 Å². The number of hydrogen-bond acceptors (Lipinski definition) is 4. The molecule has 1 N–H and O–H groups in total. The summed E-state index contributed by atoms with van der Waals surface area (Å²) in [6.45, 7) is 4.32. The average molecular weight is 586 g/mol. The van der Waals surface area contributed by atoms with Gasteiger partial charge in [-0.2, -0.15) is 0 Å². The molecular formula is C36H28FN3O2S. The Balaban J connectivity index is 1.21. The number of amides is 1. The van der Waals surface area contributed by atoms with Crippen molar-refractivity contribution in [3.8, 4) is 21.7 Å². The number of Topliss-reactive ketones (excluding diaryl/α,β-unsaturated/α-hetero) is 1. The minimum absolute atomic E-state index is 0.0160. The van der Waals surface area contributed by atoms with Crippen LogP contribution >= 0.6 is 11.3 Å². The van der Waals surface area contributed by atoms with Crippen LogP contribution in [0.1, 0.15) is 42.4 Å². The molecule has 1 aliphatic heterocycles. The van der Waals surface area contributed by atoms with E-state index in [1.165, 1.54) is 17.4 Å². The Morgan fingerprint density at radius 2 is 1.79 bits per heavy atom. The fourth-order valence-electron chi connectivity index (χ4n) is 5.87. The Morgan fingerprint density at radius 3 is 2.65 bits per heavy atom. The molecule has 0 atom stereocenters. The molecule has 0 fully saturated rings. The van der Waals surface area contributed by atoms with E-state index in [0.29, 0.717) is 29.1 Å². The van der Waals surface area contributed by atoms with Gasteiger partial charge in [0, 0.05) is 46.1 Å². The van der Waals surface area contributed by atoms with Crippen molar-refractivity contribution in [1.29, 1.82) is 0 Å². The number of aromatic nitrogens is 2. The normalized spacial score (nSPS) is 12.6. The lowest BCUT2D eigenvalue weighted by Gasteiger charge is -2.23. The van der Waals surface area contributed by atoms with Crippen LogP contribution in [0.15, 0.2) is 91.1 Å². The molecule has 3 aromatic heterocycles. The molecule has 0 radical (unpaired) electrons. The van der Waals surface area contributed by atoms with E-state index in [1.54, 1.807) is 17.0 Å². The summed E-state index contributed by atoms with van der Waals surface area (Å²) < 4.78 is 14.5. The summed E-state index contributed by atoms with van der Waals surface area (Å²) in [5.74, 6) is -0.638. The maximum absolute atomic E-state index is 14.5. The number of benzene rings is 3. The zero-order chi connectivity index (χ0) is 29.7. The molecule has 7 rings (SSSR count). The van der Waals surface area contributed by atoms with Gasteiger partial charge in [-0.15, -0.1) is 11.3 Å². The number of anilines is 1. The molecule has 1 aliphatic rings. The highest BCUT2D eigenvalue weighted by molar-refractivity contribution is 7.17. The van der Waals surface area contributed by atoms with Gasteiger partial charge in [-0.25, -0.2) is 9.37 Å². The number of para-hydroxylation sites is 1. The van der Waals surface area contributed by atoms with Crippen LogP contribution in [0, 0.1) is 19.7 Å². The molecule has 43 heavy (non-hydrogen) atoms. The van der Waals surface area contributed by atoms with Gasteiger partial charge in [-0.05, 0) is 79.4 Å². The van der Waals surface area contributed by atoms with Crippen molar-refractivity contribution in [2.45, 2.75) is 26.7 Å². The lowest BCUT2D eigenvalue weighted by Crippen LogP contribution is -2.33. The van der Waals surface area contributed by atoms with Crippen LogP contribution in [0.5, 0.6) is 0 Å². The highest BCUT2D eigenvalue weighted by atomic mass is 32.1. The fraction of sp³-hybridized carbons (Fsp3) is 0.139. The Bertz CT molecular complexity index is 2040. The van der Waals surface area contributed by atoms with Crippen LogP contribution < -0.4 is 4.90 Å². The maximum atomic E-state index is 14.5. The minimum atomic E-state index is -0.358. The number of H-pyrrole nitrogens is 1. The SMILES string of the molecule is Cc1ccc2[nH]cc(-c3cccc(C(=O)N4CCc5cc(C(=O)Cc6c(C)cccc6F)sc5-c5ccccc54)n3)c2c1. The van der Waals surface area contributed by atoms with Crippen molar-refractivity contribution in [3.05, 3.63) is 130 Å². The summed E-state index contributed by atoms with van der Waals surface area (Å²) in [6.07, 6.45) is 2.54. The predicted molar refractivity (Wildman–Crippen MR) is 171 cm³/mol. The van der Waals surface area contributed by atoms with E-state index in [9.17, 15) is 14.0 Å². The van der Waals surface area contributed by atoms with E-state index in [4.69, 9.17) is 4.98 Å². The number of ketones is 1. The quantitative estimate of drug-likeness (QED) is 0.207. The van der Waals surface area contributed by atoms with Crippen LogP contribution in [0.25, 0.3) is 32.6 Å². The third-order valence-electron chi connectivity index (χ3n) is 8.15. The van der Waals surface area contributed by atoms with Crippen molar-refractivity contribution >= 4 is 39.6 Å². The second kappa shape index (κ2) is 10.7. The van der Waals surface area contributed by atoms with Crippen LogP contribution in [0.2, 0.25) is 0 Å². The Kier molecular flexibility index (Phi) is 6.75. The molecule has 6 aromatic rings. The van der Waals surface area contributed by atoms with E-state index in [0.717, 1.165) is 55.0 Å². The predicted octanol–water partition coefficient (Wildman–Crippen LogP) is 8.34. The highest BCUT2D eigenvalue weighted by Gasteiger charge is 2.28. The highest BCUT2D eigenvalue weighted by Crippen LogP contribution is 2.42. The topological polar surface area (TPSA) is 66.1 Å². The number of carbonyl (C=O) groups is 2. The van der Waals surface area contributed by atoms with Gasteiger partial charge in [0.25, 0.3) is 5.91 Å². The van der Waals surface area contributed by atoms with Crippen LogP contribution in [-0.4, -0.2) is 28.2 Å². The van der Waals surface area contributed by atoms with Crippen LogP contribution in [-0.2, 0) is 12.8 Å². The largest absolute Gasteiger partial charge is 0.360 e. The molecule has 0 saturated heterocycles. The van der Waals surface area contributed by atoms with Crippen molar-refractivity contribution in [1.82, 2.24) is 9.97 Å². The number of nitrogens with one attached hydrogen (secondary N) is 1. The second-order valence-corrected chi connectivity index (χ2v) is 12.0. The first-order valence-electron chi connectivity index (χ1n) is 14.2. The lowest BCUT2D eigenvalue weighted by molar-refractivity contribution is 0.0978. The first-order valence-corrected chi connectivity index (χ1v) is 15.1. The molecule has 0 aliphatic carbocycles. The zero-order valence-corrected chi connectivity index (χ0v) is 24.6. The Hall–Kier alpha value is -4.88. The third-order valence-corrected chi connectivity index (χ3v) is 9.40.